The Balaban J connectivity index is 1.63. The number of nitrogens with one attached hydrogen (secondary N) is 1. The van der Waals surface area contributed by atoms with Crippen molar-refractivity contribution in [3.05, 3.63) is 30.3 Å². The lowest BCUT2D eigenvalue weighted by Gasteiger charge is -2.58. The van der Waals surface area contributed by atoms with Gasteiger partial charge in [-0.1, -0.05) is 18.2 Å². The van der Waals surface area contributed by atoms with Gasteiger partial charge in [-0.2, -0.15) is 30.1 Å². The van der Waals surface area contributed by atoms with Crippen LogP contribution in [0.5, 0.6) is 11.8 Å². The van der Waals surface area contributed by atoms with Crippen molar-refractivity contribution in [3.63, 3.8) is 0 Å². The summed E-state index contributed by atoms with van der Waals surface area (Å²) in [4.78, 5) is 17.3. The highest BCUT2D eigenvalue weighted by molar-refractivity contribution is 5.43. The van der Waals surface area contributed by atoms with Crippen molar-refractivity contribution in [2.45, 2.75) is 173 Å². The van der Waals surface area contributed by atoms with Crippen molar-refractivity contribution < 1.29 is 20.4 Å². The maximum absolute atomic E-state index is 11.3. The van der Waals surface area contributed by atoms with Gasteiger partial charge in [0.15, 0.2) is 0 Å². The minimum absolute atomic E-state index is 0.0161. The molecular formula is C36H60N8O4. The highest BCUT2D eigenvalue weighted by Crippen LogP contribution is 2.45. The van der Waals surface area contributed by atoms with Crippen LogP contribution >= 0.6 is 0 Å². The summed E-state index contributed by atoms with van der Waals surface area (Å²) in [5.74, 6) is 1.53. The molecule has 3 saturated heterocycles. The molecule has 12 nitrogen and oxygen atoms in total. The normalized spacial score (nSPS) is 26.2. The first-order valence-electron chi connectivity index (χ1n) is 17.5. The number of nitrogens with zero attached hydrogens (tertiary/aromatic N) is 7. The van der Waals surface area contributed by atoms with Crippen molar-refractivity contribution in [1.29, 1.82) is 0 Å². The minimum atomic E-state index is -0.514. The Morgan fingerprint density at radius 2 is 1.00 bits per heavy atom. The van der Waals surface area contributed by atoms with Crippen LogP contribution in [-0.4, -0.2) is 97.1 Å². The van der Waals surface area contributed by atoms with Crippen LogP contribution in [0.3, 0.4) is 0 Å². The van der Waals surface area contributed by atoms with E-state index in [4.69, 9.17) is 19.7 Å². The van der Waals surface area contributed by atoms with E-state index in [1.165, 1.54) is 15.2 Å². The Morgan fingerprint density at radius 1 is 0.604 bits per heavy atom. The van der Waals surface area contributed by atoms with Crippen LogP contribution in [-0.2, 0) is 0 Å². The summed E-state index contributed by atoms with van der Waals surface area (Å²) in [6.45, 7) is 24.8. The van der Waals surface area contributed by atoms with Crippen LogP contribution in [0.25, 0.3) is 0 Å². The zero-order chi connectivity index (χ0) is 35.7. The van der Waals surface area contributed by atoms with E-state index < -0.39 is 33.2 Å². The maximum atomic E-state index is 11.3. The molecule has 0 radical (unpaired) electrons. The molecule has 0 atom stereocenters. The van der Waals surface area contributed by atoms with E-state index in [-0.39, 0.29) is 24.1 Å². The van der Waals surface area contributed by atoms with Crippen molar-refractivity contribution in [2.24, 2.45) is 0 Å². The second kappa shape index (κ2) is 12.3. The molecule has 3 aliphatic heterocycles. The van der Waals surface area contributed by atoms with E-state index in [2.05, 4.69) is 65.6 Å². The molecule has 2 aromatic rings. The van der Waals surface area contributed by atoms with Crippen LogP contribution in [0.15, 0.2) is 30.3 Å². The van der Waals surface area contributed by atoms with E-state index in [1.54, 1.807) is 0 Å². The monoisotopic (exact) mass is 668 g/mol. The van der Waals surface area contributed by atoms with Crippen LogP contribution < -0.4 is 15.0 Å². The van der Waals surface area contributed by atoms with Gasteiger partial charge in [0, 0.05) is 51.4 Å². The van der Waals surface area contributed by atoms with Gasteiger partial charge in [0.1, 0.15) is 5.75 Å². The lowest BCUT2D eigenvalue weighted by atomic mass is 9.75. The van der Waals surface area contributed by atoms with Gasteiger partial charge < -0.3 is 30.6 Å². The molecule has 12 heteroatoms. The minimum Gasteiger partial charge on any atom is -0.424 e. The summed E-state index contributed by atoms with van der Waals surface area (Å²) in [6, 6.07) is 9.62. The Bertz CT molecular complexity index is 1350. The number of hydrogen-bond donors (Lipinski definition) is 4. The molecule has 0 amide bonds. The van der Waals surface area contributed by atoms with E-state index in [1.807, 2.05) is 58.0 Å². The van der Waals surface area contributed by atoms with Crippen molar-refractivity contribution in [2.75, 3.05) is 10.2 Å². The zero-order valence-electron chi connectivity index (χ0n) is 31.2. The number of hydrogen-bond acceptors (Lipinski definition) is 12. The number of hydroxylamine groups is 6. The summed E-state index contributed by atoms with van der Waals surface area (Å²) in [7, 11) is 0. The number of benzene rings is 1. The molecule has 1 aromatic carbocycles. The van der Waals surface area contributed by atoms with Gasteiger partial charge in [-0.05, 0) is 134 Å². The number of ether oxygens (including phenoxy) is 1. The van der Waals surface area contributed by atoms with E-state index >= 15 is 0 Å². The quantitative estimate of drug-likeness (QED) is 0.240. The average Bonchev–Trinajstić information content (AvgIpc) is 2.93. The third-order valence-corrected chi connectivity index (χ3v) is 10.8. The standard InChI is InChI=1S/C36H60N8O4/c1-31(2)18-24(19-32(3,4)42(31)45)37-28-38-29(40-30(39-28)48-27-16-14-13-15-17-27)41(25-20-33(5,6)43(46)34(7,8)21-25)26-22-35(9,10)44(47)36(11,12)23-26/h13-17,24-26,45-47H,18-23H2,1-12H3,(H,37,38,39,40). The van der Waals surface area contributed by atoms with E-state index in [9.17, 15) is 15.6 Å². The summed E-state index contributed by atoms with van der Waals surface area (Å²) in [5.41, 5.74) is -2.98. The molecular weight excluding hydrogens is 608 g/mol. The maximum Gasteiger partial charge on any atom is 0.328 e. The number of para-hydroxylation sites is 1. The number of piperidine rings is 3. The first kappa shape index (κ1) is 36.7. The van der Waals surface area contributed by atoms with E-state index in [0.717, 1.165) is 0 Å². The summed E-state index contributed by atoms with van der Waals surface area (Å²) in [6.07, 6.45) is 4.06. The Hall–Kier alpha value is -2.61. The topological polar surface area (TPSA) is 134 Å². The van der Waals surface area contributed by atoms with Crippen LogP contribution in [0, 0.1) is 0 Å². The summed E-state index contributed by atoms with van der Waals surface area (Å²) < 4.78 is 6.30. The third kappa shape index (κ3) is 7.29. The van der Waals surface area contributed by atoms with Crippen molar-refractivity contribution in [1.82, 2.24) is 30.1 Å². The molecule has 48 heavy (non-hydrogen) atoms. The smallest absolute Gasteiger partial charge is 0.328 e. The average molecular weight is 669 g/mol. The highest BCUT2D eigenvalue weighted by atomic mass is 16.5. The Kier molecular flexibility index (Phi) is 9.40. The molecule has 0 spiro atoms. The zero-order valence-corrected chi connectivity index (χ0v) is 31.2. The fourth-order valence-electron chi connectivity index (χ4n) is 9.17. The Morgan fingerprint density at radius 3 is 1.42 bits per heavy atom. The van der Waals surface area contributed by atoms with Gasteiger partial charge >= 0.3 is 6.01 Å². The SMILES string of the molecule is CC1(C)CC(Nc2nc(Oc3ccccc3)nc(N(C3CC(C)(C)N(O)C(C)(C)C3)C3CC(C)(C)N(O)C(C)(C)C3)n2)CC(C)(C)N1O. The van der Waals surface area contributed by atoms with Gasteiger partial charge in [-0.3, -0.25) is 0 Å². The first-order valence-corrected chi connectivity index (χ1v) is 17.5. The lowest BCUT2D eigenvalue weighted by Crippen LogP contribution is -2.67. The molecule has 1 aromatic heterocycles. The van der Waals surface area contributed by atoms with Gasteiger partial charge in [0.25, 0.3) is 0 Å². The van der Waals surface area contributed by atoms with E-state index in [0.29, 0.717) is 56.2 Å². The molecule has 4 heterocycles. The lowest BCUT2D eigenvalue weighted by molar-refractivity contribution is -0.251. The van der Waals surface area contributed by atoms with Gasteiger partial charge in [0.2, 0.25) is 11.9 Å². The molecule has 5 rings (SSSR count). The number of rotatable bonds is 7. The molecule has 0 aliphatic carbocycles. The molecule has 0 bridgehead atoms. The Labute approximate surface area is 287 Å². The molecule has 3 aliphatic rings. The summed E-state index contributed by atoms with van der Waals surface area (Å²) >= 11 is 0. The van der Waals surface area contributed by atoms with Gasteiger partial charge in [-0.25, -0.2) is 0 Å². The fourth-order valence-corrected chi connectivity index (χ4v) is 9.17. The van der Waals surface area contributed by atoms with Gasteiger partial charge in [-0.15, -0.1) is 0 Å². The van der Waals surface area contributed by atoms with Crippen LogP contribution in [0.4, 0.5) is 11.9 Å². The number of aromatic nitrogens is 3. The molecule has 268 valence electrons. The summed E-state index contributed by atoms with van der Waals surface area (Å²) in [5, 5.41) is 41.6. The highest BCUT2D eigenvalue weighted by Gasteiger charge is 2.52. The van der Waals surface area contributed by atoms with Crippen LogP contribution in [0.2, 0.25) is 0 Å². The molecule has 4 N–H and O–H groups in total. The fraction of sp³-hybridized carbons (Fsp3) is 0.750. The second-order valence-corrected chi connectivity index (χ2v) is 18.2. The predicted molar refractivity (Wildman–Crippen MR) is 187 cm³/mol. The third-order valence-electron chi connectivity index (χ3n) is 10.8. The second-order valence-electron chi connectivity index (χ2n) is 18.2. The van der Waals surface area contributed by atoms with Crippen molar-refractivity contribution in [3.8, 4) is 11.8 Å². The molecule has 0 saturated carbocycles. The van der Waals surface area contributed by atoms with Crippen molar-refractivity contribution >= 4 is 11.9 Å². The molecule has 0 unspecified atom stereocenters. The first-order chi connectivity index (χ1) is 21.9. The largest absolute Gasteiger partial charge is 0.424 e. The van der Waals surface area contributed by atoms with Gasteiger partial charge in [0.05, 0.1) is 0 Å². The molecule has 3 fully saturated rings. The van der Waals surface area contributed by atoms with Crippen LogP contribution in [0.1, 0.15) is 122 Å². The predicted octanol–water partition coefficient (Wildman–Crippen LogP) is 7.11. The number of anilines is 2.